The molecule has 0 saturated carbocycles. The van der Waals surface area contributed by atoms with Gasteiger partial charge in [-0.1, -0.05) is 18.2 Å². The van der Waals surface area contributed by atoms with Gasteiger partial charge in [-0.2, -0.15) is 0 Å². The van der Waals surface area contributed by atoms with Crippen LogP contribution in [0.15, 0.2) is 24.3 Å². The minimum Gasteiger partial charge on any atom is -0.504 e. The molecule has 4 nitrogen and oxygen atoms in total. The molecule has 1 aromatic rings. The molecule has 0 heterocycles. The summed E-state index contributed by atoms with van der Waals surface area (Å²) in [5.74, 6) is 0.578. The molecule has 0 fully saturated rings. The van der Waals surface area contributed by atoms with E-state index < -0.39 is 0 Å². The molecule has 0 aliphatic carbocycles. The smallest absolute Gasteiger partial charge is 0.161 e. The lowest BCUT2D eigenvalue weighted by Gasteiger charge is -2.09. The van der Waals surface area contributed by atoms with Crippen molar-refractivity contribution in [3.8, 4) is 11.5 Å². The van der Waals surface area contributed by atoms with Crippen molar-refractivity contribution in [2.45, 2.75) is 19.4 Å². The predicted octanol–water partition coefficient (Wildman–Crippen LogP) is 2.20. The summed E-state index contributed by atoms with van der Waals surface area (Å²) in [6, 6.07) is 5.14. The number of aliphatic hydroxyl groups excluding tert-OH is 1. The summed E-state index contributed by atoms with van der Waals surface area (Å²) in [7, 11) is 1.52. The number of phenolic OH excluding ortho intramolecular Hbond substituents is 1. The maximum absolute atomic E-state index is 9.44. The highest BCUT2D eigenvalue weighted by molar-refractivity contribution is 5.55. The summed E-state index contributed by atoms with van der Waals surface area (Å²) >= 11 is 0. The topological polar surface area (TPSA) is 58.9 Å². The van der Waals surface area contributed by atoms with Crippen LogP contribution in [0.25, 0.3) is 6.08 Å². The third-order valence-corrected chi connectivity index (χ3v) is 2.53. The Morgan fingerprint density at radius 2 is 2.17 bits per heavy atom. The third kappa shape index (κ3) is 4.77. The predicted molar refractivity (Wildman–Crippen MR) is 70.8 cm³/mol. The quantitative estimate of drug-likeness (QED) is 0.781. The summed E-state index contributed by atoms with van der Waals surface area (Å²) < 4.78 is 10.5. The number of hydrogen-bond acceptors (Lipinski definition) is 4. The summed E-state index contributed by atoms with van der Waals surface area (Å²) in [5, 5.41) is 18.2. The fraction of sp³-hybridized carbons (Fsp3) is 0.429. The van der Waals surface area contributed by atoms with Crippen LogP contribution < -0.4 is 4.74 Å². The van der Waals surface area contributed by atoms with Crippen LogP contribution in [-0.2, 0) is 4.74 Å². The summed E-state index contributed by atoms with van der Waals surface area (Å²) in [6.45, 7) is 2.55. The Morgan fingerprint density at radius 3 is 2.83 bits per heavy atom. The molecule has 100 valence electrons. The maximum Gasteiger partial charge on any atom is 0.161 e. The van der Waals surface area contributed by atoms with Crippen LogP contribution in [0.5, 0.6) is 11.5 Å². The van der Waals surface area contributed by atoms with Crippen LogP contribution in [-0.4, -0.2) is 36.6 Å². The van der Waals surface area contributed by atoms with E-state index in [0.29, 0.717) is 18.8 Å². The lowest BCUT2D eigenvalue weighted by Crippen LogP contribution is -2.09. The first-order valence-corrected chi connectivity index (χ1v) is 5.93. The molecule has 1 unspecified atom stereocenters. The molecule has 0 saturated heterocycles. The molecule has 1 aromatic carbocycles. The fourth-order valence-corrected chi connectivity index (χ4v) is 1.47. The number of aromatic hydroxyl groups is 1. The number of aliphatic hydroxyl groups is 1. The van der Waals surface area contributed by atoms with Crippen LogP contribution in [0.2, 0.25) is 0 Å². The molecule has 0 amide bonds. The van der Waals surface area contributed by atoms with Crippen LogP contribution >= 0.6 is 0 Å². The molecule has 18 heavy (non-hydrogen) atoms. The SMILES string of the molecule is COc1cc(/C=C/COC(C)CCO)ccc1O. The highest BCUT2D eigenvalue weighted by atomic mass is 16.5. The van der Waals surface area contributed by atoms with Gasteiger partial charge in [-0.3, -0.25) is 0 Å². The zero-order valence-electron chi connectivity index (χ0n) is 10.8. The van der Waals surface area contributed by atoms with E-state index in [9.17, 15) is 5.11 Å². The van der Waals surface area contributed by atoms with Crippen molar-refractivity contribution in [1.82, 2.24) is 0 Å². The van der Waals surface area contributed by atoms with Gasteiger partial charge in [-0.15, -0.1) is 0 Å². The van der Waals surface area contributed by atoms with Crippen molar-refractivity contribution in [2.24, 2.45) is 0 Å². The molecule has 4 heteroatoms. The largest absolute Gasteiger partial charge is 0.504 e. The van der Waals surface area contributed by atoms with E-state index in [4.69, 9.17) is 14.6 Å². The molecule has 2 N–H and O–H groups in total. The van der Waals surface area contributed by atoms with Crippen molar-refractivity contribution in [1.29, 1.82) is 0 Å². The van der Waals surface area contributed by atoms with Crippen molar-refractivity contribution < 1.29 is 19.7 Å². The summed E-state index contributed by atoms with van der Waals surface area (Å²) in [5.41, 5.74) is 0.933. The number of hydrogen-bond donors (Lipinski definition) is 2. The zero-order valence-corrected chi connectivity index (χ0v) is 10.8. The average molecular weight is 252 g/mol. The Bertz CT molecular complexity index is 387. The molecular weight excluding hydrogens is 232 g/mol. The van der Waals surface area contributed by atoms with Gasteiger partial charge in [-0.25, -0.2) is 0 Å². The number of methoxy groups -OCH3 is 1. The fourth-order valence-electron chi connectivity index (χ4n) is 1.47. The van der Waals surface area contributed by atoms with Crippen molar-refractivity contribution in [3.05, 3.63) is 29.8 Å². The lowest BCUT2D eigenvalue weighted by atomic mass is 10.2. The Hall–Kier alpha value is -1.52. The maximum atomic E-state index is 9.44. The normalized spacial score (nSPS) is 12.8. The number of phenols is 1. The molecule has 0 aliphatic rings. The van der Waals surface area contributed by atoms with Crippen LogP contribution in [0.1, 0.15) is 18.9 Å². The van der Waals surface area contributed by atoms with Crippen molar-refractivity contribution in [2.75, 3.05) is 20.3 Å². The highest BCUT2D eigenvalue weighted by Gasteiger charge is 2.01. The van der Waals surface area contributed by atoms with Gasteiger partial charge in [0, 0.05) is 6.61 Å². The van der Waals surface area contributed by atoms with Gasteiger partial charge in [0.05, 0.1) is 19.8 Å². The van der Waals surface area contributed by atoms with E-state index in [1.165, 1.54) is 7.11 Å². The van der Waals surface area contributed by atoms with Crippen LogP contribution in [0, 0.1) is 0 Å². The number of rotatable bonds is 7. The second-order valence-corrected chi connectivity index (χ2v) is 3.99. The van der Waals surface area contributed by atoms with Gasteiger partial charge < -0.3 is 19.7 Å². The number of benzene rings is 1. The van der Waals surface area contributed by atoms with Gasteiger partial charge in [0.25, 0.3) is 0 Å². The van der Waals surface area contributed by atoms with E-state index >= 15 is 0 Å². The molecular formula is C14H20O4. The van der Waals surface area contributed by atoms with E-state index in [0.717, 1.165) is 5.56 Å². The standard InChI is InChI=1S/C14H20O4/c1-11(7-8-15)18-9-3-4-12-5-6-13(16)14(10-12)17-2/h3-6,10-11,15-16H,7-9H2,1-2H3/b4-3+. The van der Waals surface area contributed by atoms with Crippen LogP contribution in [0.3, 0.4) is 0 Å². The van der Waals surface area contributed by atoms with E-state index in [2.05, 4.69) is 0 Å². The minimum absolute atomic E-state index is 0.0500. The molecule has 0 radical (unpaired) electrons. The molecule has 1 atom stereocenters. The zero-order chi connectivity index (χ0) is 13.4. The molecule has 0 aromatic heterocycles. The Labute approximate surface area is 107 Å². The van der Waals surface area contributed by atoms with E-state index in [1.54, 1.807) is 18.2 Å². The second kappa shape index (κ2) is 7.74. The van der Waals surface area contributed by atoms with Gasteiger partial charge in [0.2, 0.25) is 0 Å². The monoisotopic (exact) mass is 252 g/mol. The molecule has 0 spiro atoms. The van der Waals surface area contributed by atoms with E-state index in [1.807, 2.05) is 19.1 Å². The first-order chi connectivity index (χ1) is 8.67. The van der Waals surface area contributed by atoms with Gasteiger partial charge in [0.1, 0.15) is 0 Å². The molecule has 1 rings (SSSR count). The Kier molecular flexibility index (Phi) is 6.25. The lowest BCUT2D eigenvalue weighted by molar-refractivity contribution is 0.0672. The van der Waals surface area contributed by atoms with Gasteiger partial charge in [0.15, 0.2) is 11.5 Å². The Balaban J connectivity index is 2.47. The number of ether oxygens (including phenoxy) is 2. The van der Waals surface area contributed by atoms with Crippen LogP contribution in [0.4, 0.5) is 0 Å². The summed E-state index contributed by atoms with van der Waals surface area (Å²) in [6.07, 6.45) is 4.47. The van der Waals surface area contributed by atoms with E-state index in [-0.39, 0.29) is 18.5 Å². The van der Waals surface area contributed by atoms with Gasteiger partial charge in [-0.05, 0) is 31.0 Å². The summed E-state index contributed by atoms with van der Waals surface area (Å²) in [4.78, 5) is 0. The molecule has 0 bridgehead atoms. The average Bonchev–Trinajstić information content (AvgIpc) is 2.37. The Morgan fingerprint density at radius 1 is 1.39 bits per heavy atom. The minimum atomic E-state index is 0.0500. The first kappa shape index (κ1) is 14.5. The first-order valence-electron chi connectivity index (χ1n) is 5.93. The second-order valence-electron chi connectivity index (χ2n) is 3.99. The molecule has 0 aliphatic heterocycles. The third-order valence-electron chi connectivity index (χ3n) is 2.53. The highest BCUT2D eigenvalue weighted by Crippen LogP contribution is 2.26. The van der Waals surface area contributed by atoms with Gasteiger partial charge >= 0.3 is 0 Å². The van der Waals surface area contributed by atoms with Crippen molar-refractivity contribution >= 4 is 6.08 Å². The van der Waals surface area contributed by atoms with Crippen molar-refractivity contribution in [3.63, 3.8) is 0 Å².